The lowest BCUT2D eigenvalue weighted by atomic mass is 10.0. The van der Waals surface area contributed by atoms with E-state index in [1.807, 2.05) is 30.3 Å². The highest BCUT2D eigenvalue weighted by Crippen LogP contribution is 2.33. The quantitative estimate of drug-likeness (QED) is 0.785. The number of nitrogens with zero attached hydrogens (tertiary/aromatic N) is 2. The molecule has 3 heterocycles. The first-order valence-corrected chi connectivity index (χ1v) is 6.79. The Kier molecular flexibility index (Phi) is 3.43. The Hall–Kier alpha value is -2.27. The largest absolute Gasteiger partial charge is 0.327 e. The fourth-order valence-electron chi connectivity index (χ4n) is 2.02. The van der Waals surface area contributed by atoms with Crippen LogP contribution in [0.3, 0.4) is 0 Å². The molecule has 0 unspecified atom stereocenters. The Morgan fingerprint density at radius 1 is 1.10 bits per heavy atom. The van der Waals surface area contributed by atoms with E-state index in [2.05, 4.69) is 30.9 Å². The number of rotatable bonds is 2. The van der Waals surface area contributed by atoms with Crippen molar-refractivity contribution in [1.82, 2.24) is 15.0 Å². The first-order valence-electron chi connectivity index (χ1n) is 6.00. The molecule has 3 aromatic heterocycles. The number of pyridine rings is 3. The number of nitrogens with one attached hydrogen (secondary N) is 1. The minimum atomic E-state index is -0.177. The summed E-state index contributed by atoms with van der Waals surface area (Å²) in [4.78, 5) is 23.0. The van der Waals surface area contributed by atoms with Crippen LogP contribution in [0.2, 0.25) is 0 Å². The second-order valence-electron chi connectivity index (χ2n) is 4.18. The summed E-state index contributed by atoms with van der Waals surface area (Å²) in [5.41, 5.74) is 3.13. The van der Waals surface area contributed by atoms with E-state index >= 15 is 0 Å². The van der Waals surface area contributed by atoms with E-state index in [-0.39, 0.29) is 5.56 Å². The first kappa shape index (κ1) is 12.7. The second-order valence-corrected chi connectivity index (χ2v) is 4.97. The molecule has 0 fully saturated rings. The van der Waals surface area contributed by atoms with Crippen LogP contribution in [-0.4, -0.2) is 15.0 Å². The summed E-state index contributed by atoms with van der Waals surface area (Å²) in [5, 5.41) is 0. The third kappa shape index (κ3) is 2.28. The molecule has 3 rings (SSSR count). The molecule has 0 saturated heterocycles. The van der Waals surface area contributed by atoms with Crippen LogP contribution in [0.25, 0.3) is 22.4 Å². The Morgan fingerprint density at radius 3 is 2.70 bits per heavy atom. The number of H-pyrrole nitrogens is 1. The van der Waals surface area contributed by atoms with Crippen molar-refractivity contribution >= 4 is 15.9 Å². The van der Waals surface area contributed by atoms with Gasteiger partial charge in [0.2, 0.25) is 0 Å². The van der Waals surface area contributed by atoms with Gasteiger partial charge in [0.15, 0.2) is 0 Å². The number of halogens is 1. The zero-order valence-corrected chi connectivity index (χ0v) is 12.0. The van der Waals surface area contributed by atoms with E-state index in [0.717, 1.165) is 22.4 Å². The lowest BCUT2D eigenvalue weighted by molar-refractivity contribution is 1.20. The highest BCUT2D eigenvalue weighted by Gasteiger charge is 2.14. The number of hydrogen-bond acceptors (Lipinski definition) is 3. The maximum absolute atomic E-state index is 11.9. The van der Waals surface area contributed by atoms with E-state index in [1.54, 1.807) is 24.8 Å². The van der Waals surface area contributed by atoms with Crippen molar-refractivity contribution in [3.05, 3.63) is 69.9 Å². The Bertz CT molecular complexity index is 785. The lowest BCUT2D eigenvalue weighted by Gasteiger charge is -2.10. The molecule has 3 aromatic rings. The molecule has 1 N–H and O–H groups in total. The molecular formula is C15H10BrN3O. The van der Waals surface area contributed by atoms with Gasteiger partial charge in [-0.25, -0.2) is 0 Å². The molecule has 0 spiro atoms. The fraction of sp³-hybridized carbons (Fsp3) is 0. The van der Waals surface area contributed by atoms with Crippen molar-refractivity contribution in [2.45, 2.75) is 0 Å². The molecule has 5 heteroatoms. The van der Waals surface area contributed by atoms with Crippen LogP contribution in [0, 0.1) is 0 Å². The summed E-state index contributed by atoms with van der Waals surface area (Å²) in [7, 11) is 0. The zero-order valence-electron chi connectivity index (χ0n) is 10.4. The summed E-state index contributed by atoms with van der Waals surface area (Å²) in [6.07, 6.45) is 6.83. The average Bonchev–Trinajstić information content (AvgIpc) is 2.51. The predicted octanol–water partition coefficient (Wildman–Crippen LogP) is 3.26. The molecule has 0 radical (unpaired) electrons. The minimum Gasteiger partial charge on any atom is -0.327 e. The fourth-order valence-corrected chi connectivity index (χ4v) is 2.58. The highest BCUT2D eigenvalue weighted by atomic mass is 79.9. The molecule has 0 aromatic carbocycles. The normalized spacial score (nSPS) is 10.4. The smallest absolute Gasteiger partial charge is 0.262 e. The number of aromatic nitrogens is 3. The van der Waals surface area contributed by atoms with Crippen molar-refractivity contribution in [2.75, 3.05) is 0 Å². The van der Waals surface area contributed by atoms with Gasteiger partial charge in [-0.05, 0) is 34.1 Å². The summed E-state index contributed by atoms with van der Waals surface area (Å²) < 4.78 is 0.480. The van der Waals surface area contributed by atoms with Gasteiger partial charge >= 0.3 is 0 Å². The summed E-state index contributed by atoms with van der Waals surface area (Å²) in [5.74, 6) is 0. The van der Waals surface area contributed by atoms with Crippen LogP contribution in [0.1, 0.15) is 0 Å². The summed E-state index contributed by atoms with van der Waals surface area (Å²) in [6, 6.07) is 9.42. The van der Waals surface area contributed by atoms with Gasteiger partial charge in [0.1, 0.15) is 0 Å². The van der Waals surface area contributed by atoms with Crippen molar-refractivity contribution in [2.24, 2.45) is 0 Å². The van der Waals surface area contributed by atoms with Crippen LogP contribution in [0.15, 0.2) is 64.4 Å². The third-order valence-electron chi connectivity index (χ3n) is 2.93. The molecule has 20 heavy (non-hydrogen) atoms. The summed E-state index contributed by atoms with van der Waals surface area (Å²) >= 11 is 3.37. The highest BCUT2D eigenvalue weighted by molar-refractivity contribution is 9.10. The molecule has 0 atom stereocenters. The van der Waals surface area contributed by atoms with Gasteiger partial charge in [0, 0.05) is 41.5 Å². The summed E-state index contributed by atoms with van der Waals surface area (Å²) in [6.45, 7) is 0. The van der Waals surface area contributed by atoms with Crippen LogP contribution in [0.5, 0.6) is 0 Å². The maximum Gasteiger partial charge on any atom is 0.262 e. The van der Waals surface area contributed by atoms with Crippen LogP contribution in [0.4, 0.5) is 0 Å². The number of hydrogen-bond donors (Lipinski definition) is 1. The van der Waals surface area contributed by atoms with E-state index < -0.39 is 0 Å². The lowest BCUT2D eigenvalue weighted by Crippen LogP contribution is -2.08. The standard InChI is InChI=1S/C15H10BrN3O/c16-14-13(10-4-3-6-17-8-10)11(9-19-15(14)20)12-5-1-2-7-18-12/h1-9H,(H,19,20). The second kappa shape index (κ2) is 5.38. The molecule has 0 aliphatic rings. The van der Waals surface area contributed by atoms with Gasteiger partial charge in [-0.3, -0.25) is 14.8 Å². The third-order valence-corrected chi connectivity index (χ3v) is 3.68. The van der Waals surface area contributed by atoms with E-state index in [1.165, 1.54) is 0 Å². The molecule has 98 valence electrons. The van der Waals surface area contributed by atoms with E-state index in [0.29, 0.717) is 4.47 Å². The van der Waals surface area contributed by atoms with Crippen molar-refractivity contribution in [1.29, 1.82) is 0 Å². The van der Waals surface area contributed by atoms with Crippen LogP contribution < -0.4 is 5.56 Å². The average molecular weight is 328 g/mol. The van der Waals surface area contributed by atoms with Crippen LogP contribution in [-0.2, 0) is 0 Å². The van der Waals surface area contributed by atoms with Gasteiger partial charge in [-0.2, -0.15) is 0 Å². The van der Waals surface area contributed by atoms with Crippen molar-refractivity contribution < 1.29 is 0 Å². The molecule has 0 aliphatic carbocycles. The van der Waals surface area contributed by atoms with E-state index in [9.17, 15) is 4.79 Å². The van der Waals surface area contributed by atoms with Gasteiger partial charge in [0.05, 0.1) is 10.2 Å². The van der Waals surface area contributed by atoms with Crippen molar-refractivity contribution in [3.8, 4) is 22.4 Å². The predicted molar refractivity (Wildman–Crippen MR) is 81.2 cm³/mol. The first-order chi connectivity index (χ1) is 9.77. The molecule has 0 bridgehead atoms. The Morgan fingerprint density at radius 2 is 2.00 bits per heavy atom. The molecule has 4 nitrogen and oxygen atoms in total. The molecule has 0 aliphatic heterocycles. The van der Waals surface area contributed by atoms with E-state index in [4.69, 9.17) is 0 Å². The molecular weight excluding hydrogens is 318 g/mol. The van der Waals surface area contributed by atoms with Gasteiger partial charge in [-0.15, -0.1) is 0 Å². The van der Waals surface area contributed by atoms with Gasteiger partial charge in [-0.1, -0.05) is 12.1 Å². The Labute approximate surface area is 123 Å². The van der Waals surface area contributed by atoms with Gasteiger partial charge in [0.25, 0.3) is 5.56 Å². The number of aromatic amines is 1. The van der Waals surface area contributed by atoms with Gasteiger partial charge < -0.3 is 4.98 Å². The van der Waals surface area contributed by atoms with Crippen molar-refractivity contribution in [3.63, 3.8) is 0 Å². The molecule has 0 amide bonds. The topological polar surface area (TPSA) is 58.6 Å². The SMILES string of the molecule is O=c1[nH]cc(-c2ccccn2)c(-c2cccnc2)c1Br. The molecule has 0 saturated carbocycles. The minimum absolute atomic E-state index is 0.177. The zero-order chi connectivity index (χ0) is 13.9. The van der Waals surface area contributed by atoms with Crippen LogP contribution >= 0.6 is 15.9 Å². The monoisotopic (exact) mass is 327 g/mol. The Balaban J connectivity index is 2.32. The maximum atomic E-state index is 11.9.